The Morgan fingerprint density at radius 2 is 1.73 bits per heavy atom. The Kier molecular flexibility index (Phi) is 5.89. The third kappa shape index (κ3) is 4.02. The first-order valence-electron chi connectivity index (χ1n) is 11.9. The van der Waals surface area contributed by atoms with Crippen LogP contribution in [-0.4, -0.2) is 53.8 Å². The molecule has 0 aromatic heterocycles. The van der Waals surface area contributed by atoms with E-state index in [2.05, 4.69) is 27.7 Å². The molecule has 0 saturated carbocycles. The number of amides is 4. The predicted octanol–water partition coefficient (Wildman–Crippen LogP) is 2.72. The van der Waals surface area contributed by atoms with E-state index in [1.54, 1.807) is 0 Å². The highest BCUT2D eigenvalue weighted by Crippen LogP contribution is 2.39. The van der Waals surface area contributed by atoms with Crippen LogP contribution in [0.25, 0.3) is 0 Å². The minimum atomic E-state index is -1.05. The van der Waals surface area contributed by atoms with Gasteiger partial charge in [0, 0.05) is 6.54 Å². The zero-order valence-corrected chi connectivity index (χ0v) is 18.8. The van der Waals surface area contributed by atoms with Crippen molar-refractivity contribution in [3.63, 3.8) is 0 Å². The van der Waals surface area contributed by atoms with E-state index in [9.17, 15) is 14.4 Å². The fourth-order valence-electron chi connectivity index (χ4n) is 5.55. The van der Waals surface area contributed by atoms with Crippen LogP contribution in [-0.2, 0) is 21.5 Å². The molecule has 5 rings (SSSR count). The lowest BCUT2D eigenvalue weighted by Gasteiger charge is -2.33. The monoisotopic (exact) mass is 446 g/mol. The van der Waals surface area contributed by atoms with Crippen molar-refractivity contribution in [1.29, 1.82) is 0 Å². The third-order valence-electron chi connectivity index (χ3n) is 7.21. The first-order valence-corrected chi connectivity index (χ1v) is 11.9. The second-order valence-electron chi connectivity index (χ2n) is 9.21. The van der Waals surface area contributed by atoms with Gasteiger partial charge in [0.2, 0.25) is 5.91 Å². The van der Waals surface area contributed by atoms with Crippen LogP contribution in [0.2, 0.25) is 0 Å². The topological polar surface area (TPSA) is 81.8 Å². The summed E-state index contributed by atoms with van der Waals surface area (Å²) in [7, 11) is 0. The van der Waals surface area contributed by atoms with Gasteiger partial charge in [-0.3, -0.25) is 19.4 Å². The fourth-order valence-corrected chi connectivity index (χ4v) is 5.55. The number of carbonyl (C=O) groups is 3. The molecule has 1 aliphatic carbocycles. The van der Waals surface area contributed by atoms with Crippen molar-refractivity contribution in [2.45, 2.75) is 43.7 Å². The average molecular weight is 447 g/mol. The van der Waals surface area contributed by atoms with Gasteiger partial charge in [-0.05, 0) is 61.9 Å². The molecular formula is C26H30N4O3. The summed E-state index contributed by atoms with van der Waals surface area (Å²) in [6.45, 7) is 2.19. The van der Waals surface area contributed by atoms with E-state index in [1.165, 1.54) is 0 Å². The zero-order valence-electron chi connectivity index (χ0n) is 18.8. The van der Waals surface area contributed by atoms with E-state index in [0.29, 0.717) is 13.0 Å². The first-order chi connectivity index (χ1) is 16.1. The van der Waals surface area contributed by atoms with Crippen LogP contribution < -0.4 is 10.6 Å². The molecule has 7 nitrogen and oxygen atoms in total. The van der Waals surface area contributed by atoms with Gasteiger partial charge in [0.25, 0.3) is 5.91 Å². The molecule has 1 spiro atoms. The molecule has 2 saturated heterocycles. The van der Waals surface area contributed by atoms with Gasteiger partial charge >= 0.3 is 6.03 Å². The van der Waals surface area contributed by atoms with Crippen molar-refractivity contribution >= 4 is 17.8 Å². The number of aryl methyl sites for hydroxylation is 1. The quantitative estimate of drug-likeness (QED) is 0.669. The lowest BCUT2D eigenvalue weighted by Crippen LogP contribution is -2.47. The van der Waals surface area contributed by atoms with Crippen LogP contribution in [0.3, 0.4) is 0 Å². The number of hydrogen-bond donors (Lipinski definition) is 2. The summed E-state index contributed by atoms with van der Waals surface area (Å²) in [6, 6.07) is 17.5. The molecular weight excluding hydrogens is 416 g/mol. The smallest absolute Gasteiger partial charge is 0.325 e. The summed E-state index contributed by atoms with van der Waals surface area (Å²) < 4.78 is 0. The van der Waals surface area contributed by atoms with Crippen LogP contribution in [0.1, 0.15) is 48.4 Å². The van der Waals surface area contributed by atoms with Crippen molar-refractivity contribution in [3.8, 4) is 0 Å². The van der Waals surface area contributed by atoms with Crippen molar-refractivity contribution in [2.75, 3.05) is 26.2 Å². The highest BCUT2D eigenvalue weighted by molar-refractivity contribution is 6.09. The highest BCUT2D eigenvalue weighted by Gasteiger charge is 2.54. The Balaban J connectivity index is 1.27. The second-order valence-corrected chi connectivity index (χ2v) is 9.21. The second kappa shape index (κ2) is 8.98. The SMILES string of the molecule is O=C(CN1C(=O)NC2(CCCc3ccccc32)C1=O)NCC(c1ccccc1)N1CCCC1. The number of fused-ring (bicyclic) bond motifs is 2. The largest absolute Gasteiger partial charge is 0.353 e. The maximum atomic E-state index is 13.4. The van der Waals surface area contributed by atoms with E-state index < -0.39 is 11.6 Å². The molecule has 2 unspecified atom stereocenters. The molecule has 0 bridgehead atoms. The molecule has 172 valence electrons. The van der Waals surface area contributed by atoms with Crippen LogP contribution in [0, 0.1) is 0 Å². The summed E-state index contributed by atoms with van der Waals surface area (Å²) in [5.74, 6) is -0.645. The minimum absolute atomic E-state index is 0.0809. The van der Waals surface area contributed by atoms with Crippen molar-refractivity contribution in [2.24, 2.45) is 0 Å². The number of carbonyl (C=O) groups excluding carboxylic acids is 3. The molecule has 33 heavy (non-hydrogen) atoms. The van der Waals surface area contributed by atoms with Gasteiger partial charge in [0.05, 0.1) is 6.04 Å². The van der Waals surface area contributed by atoms with Crippen LogP contribution >= 0.6 is 0 Å². The van der Waals surface area contributed by atoms with E-state index >= 15 is 0 Å². The number of urea groups is 1. The summed E-state index contributed by atoms with van der Waals surface area (Å²) in [5, 5.41) is 5.90. The van der Waals surface area contributed by atoms with Gasteiger partial charge in [-0.15, -0.1) is 0 Å². The molecule has 7 heteroatoms. The summed E-state index contributed by atoms with van der Waals surface area (Å²) in [5.41, 5.74) is 2.05. The molecule has 2 atom stereocenters. The van der Waals surface area contributed by atoms with Crippen LogP contribution in [0.15, 0.2) is 54.6 Å². The Morgan fingerprint density at radius 3 is 2.52 bits per heavy atom. The van der Waals surface area contributed by atoms with Crippen molar-refractivity contribution < 1.29 is 14.4 Å². The normalized spacial score (nSPS) is 23.5. The fraction of sp³-hybridized carbons (Fsp3) is 0.423. The molecule has 0 radical (unpaired) electrons. The maximum Gasteiger partial charge on any atom is 0.325 e. The Morgan fingerprint density at radius 1 is 1.00 bits per heavy atom. The number of nitrogens with zero attached hydrogens (tertiary/aromatic N) is 2. The molecule has 2 aromatic carbocycles. The van der Waals surface area contributed by atoms with Gasteiger partial charge < -0.3 is 10.6 Å². The van der Waals surface area contributed by atoms with Crippen LogP contribution in [0.5, 0.6) is 0 Å². The standard InChI is InChI=1S/C26H30N4O3/c31-23(27-17-22(29-15-6-7-16-29)20-10-2-1-3-11-20)18-30-24(32)26(28-25(30)33)14-8-12-19-9-4-5-13-21(19)26/h1-5,9-11,13,22H,6-8,12,14-18H2,(H,27,31)(H,28,33). The summed E-state index contributed by atoms with van der Waals surface area (Å²) >= 11 is 0. The molecule has 2 aromatic rings. The Labute approximate surface area is 194 Å². The lowest BCUT2D eigenvalue weighted by molar-refractivity contribution is -0.135. The number of rotatable bonds is 6. The summed E-state index contributed by atoms with van der Waals surface area (Å²) in [4.78, 5) is 42.5. The minimum Gasteiger partial charge on any atom is -0.353 e. The highest BCUT2D eigenvalue weighted by atomic mass is 16.2. The number of nitrogens with one attached hydrogen (secondary N) is 2. The lowest BCUT2D eigenvalue weighted by atomic mass is 9.76. The average Bonchev–Trinajstić information content (AvgIpc) is 3.44. The van der Waals surface area contributed by atoms with Crippen molar-refractivity contribution in [3.05, 3.63) is 71.3 Å². The van der Waals surface area contributed by atoms with Gasteiger partial charge in [0.1, 0.15) is 12.1 Å². The van der Waals surface area contributed by atoms with E-state index in [1.807, 2.05) is 42.5 Å². The number of benzene rings is 2. The number of imide groups is 1. The molecule has 4 amide bonds. The Bertz CT molecular complexity index is 1050. The molecule has 2 aliphatic heterocycles. The van der Waals surface area contributed by atoms with Gasteiger partial charge in [-0.25, -0.2) is 4.79 Å². The van der Waals surface area contributed by atoms with Crippen molar-refractivity contribution in [1.82, 2.24) is 20.4 Å². The summed E-state index contributed by atoms with van der Waals surface area (Å²) in [6.07, 6.45) is 4.57. The maximum absolute atomic E-state index is 13.4. The zero-order chi connectivity index (χ0) is 22.8. The Hall–Kier alpha value is -3.19. The molecule has 3 aliphatic rings. The molecule has 2 fully saturated rings. The first kappa shape index (κ1) is 21.6. The van der Waals surface area contributed by atoms with Gasteiger partial charge in [-0.1, -0.05) is 54.6 Å². The third-order valence-corrected chi connectivity index (χ3v) is 7.21. The van der Waals surface area contributed by atoms with E-state index in [4.69, 9.17) is 0 Å². The van der Waals surface area contributed by atoms with Gasteiger partial charge in [-0.2, -0.15) is 0 Å². The van der Waals surface area contributed by atoms with E-state index in [0.717, 1.165) is 60.4 Å². The number of likely N-dealkylation sites (tertiary alicyclic amines) is 1. The molecule has 2 heterocycles. The van der Waals surface area contributed by atoms with E-state index in [-0.39, 0.29) is 24.4 Å². The van der Waals surface area contributed by atoms with Gasteiger partial charge in [0.15, 0.2) is 0 Å². The predicted molar refractivity (Wildman–Crippen MR) is 124 cm³/mol. The van der Waals surface area contributed by atoms with Crippen LogP contribution in [0.4, 0.5) is 4.79 Å². The number of hydrogen-bond acceptors (Lipinski definition) is 4. The molecule has 2 N–H and O–H groups in total.